The average Bonchev–Trinajstić information content (AvgIpc) is 3.10. The predicted octanol–water partition coefficient (Wildman–Crippen LogP) is 3.28. The second kappa shape index (κ2) is 7.90. The summed E-state index contributed by atoms with van der Waals surface area (Å²) in [7, 11) is 0. The summed E-state index contributed by atoms with van der Waals surface area (Å²) in [5, 5.41) is 13.9. The molecular formula is C19H30F2N2O3. The molecule has 3 rings (SSSR count). The molecule has 0 spiro atoms. The Labute approximate surface area is 153 Å². The Morgan fingerprint density at radius 1 is 1.15 bits per heavy atom. The third-order valence-corrected chi connectivity index (χ3v) is 5.81. The van der Waals surface area contributed by atoms with E-state index in [4.69, 9.17) is 9.47 Å². The molecule has 7 heteroatoms. The van der Waals surface area contributed by atoms with Crippen molar-refractivity contribution in [2.45, 2.75) is 70.9 Å². The van der Waals surface area contributed by atoms with Crippen molar-refractivity contribution in [2.75, 3.05) is 26.4 Å². The van der Waals surface area contributed by atoms with Crippen LogP contribution < -0.4 is 0 Å². The summed E-state index contributed by atoms with van der Waals surface area (Å²) < 4.78 is 40.4. The summed E-state index contributed by atoms with van der Waals surface area (Å²) in [5.74, 6) is -2.56. The standard InChI is InChI=1S/C19H30F2N2O3/c1-3-25-12-18(13-26-4-2)7-5-14(6-8-18)17-15(10-24)22-23-11-19(20,21)9-16(17)23/h14,24H,3-13H2,1-2H3. The van der Waals surface area contributed by atoms with Gasteiger partial charge in [-0.05, 0) is 45.4 Å². The Hall–Kier alpha value is -1.05. The van der Waals surface area contributed by atoms with Gasteiger partial charge in [0.05, 0.1) is 31.9 Å². The molecule has 1 aliphatic carbocycles. The van der Waals surface area contributed by atoms with E-state index in [1.807, 2.05) is 13.8 Å². The molecule has 1 aliphatic heterocycles. The number of aliphatic hydroxyl groups excluding tert-OH is 1. The molecule has 1 aromatic rings. The van der Waals surface area contributed by atoms with Gasteiger partial charge in [-0.25, -0.2) is 8.78 Å². The number of nitrogens with zero attached hydrogens (tertiary/aromatic N) is 2. The van der Waals surface area contributed by atoms with E-state index in [2.05, 4.69) is 5.10 Å². The number of fused-ring (bicyclic) bond motifs is 1. The third-order valence-electron chi connectivity index (χ3n) is 5.81. The first-order chi connectivity index (χ1) is 12.4. The second-order valence-electron chi connectivity index (χ2n) is 7.70. The van der Waals surface area contributed by atoms with Gasteiger partial charge in [0, 0.05) is 29.9 Å². The smallest absolute Gasteiger partial charge is 0.272 e. The average molecular weight is 372 g/mol. The van der Waals surface area contributed by atoms with Crippen LogP contribution in [0.3, 0.4) is 0 Å². The van der Waals surface area contributed by atoms with Crippen LogP contribution in [0.15, 0.2) is 0 Å². The zero-order chi connectivity index (χ0) is 18.8. The molecule has 1 saturated carbocycles. The molecule has 0 radical (unpaired) electrons. The maximum atomic E-state index is 13.8. The van der Waals surface area contributed by atoms with Crippen LogP contribution >= 0.6 is 0 Å². The van der Waals surface area contributed by atoms with E-state index in [9.17, 15) is 13.9 Å². The molecule has 0 unspecified atom stereocenters. The first-order valence-corrected chi connectivity index (χ1v) is 9.66. The van der Waals surface area contributed by atoms with Crippen LogP contribution in [0.2, 0.25) is 0 Å². The Balaban J connectivity index is 1.75. The Kier molecular flexibility index (Phi) is 5.99. The molecule has 26 heavy (non-hydrogen) atoms. The van der Waals surface area contributed by atoms with Gasteiger partial charge in [-0.15, -0.1) is 0 Å². The molecule has 0 amide bonds. The highest BCUT2D eigenvalue weighted by molar-refractivity contribution is 5.33. The normalized spacial score (nSPS) is 21.9. The van der Waals surface area contributed by atoms with E-state index in [0.717, 1.165) is 31.2 Å². The van der Waals surface area contributed by atoms with Crippen LogP contribution in [0.4, 0.5) is 8.78 Å². The van der Waals surface area contributed by atoms with Crippen LogP contribution in [-0.2, 0) is 29.0 Å². The van der Waals surface area contributed by atoms with Gasteiger partial charge in [0.2, 0.25) is 0 Å². The number of hydrogen-bond acceptors (Lipinski definition) is 4. The quantitative estimate of drug-likeness (QED) is 0.761. The van der Waals surface area contributed by atoms with Crippen molar-refractivity contribution < 1.29 is 23.4 Å². The molecule has 5 nitrogen and oxygen atoms in total. The minimum atomic E-state index is -2.73. The number of aromatic nitrogens is 2. The van der Waals surface area contributed by atoms with Crippen LogP contribution in [0, 0.1) is 5.41 Å². The topological polar surface area (TPSA) is 56.5 Å². The first-order valence-electron chi connectivity index (χ1n) is 9.66. The number of rotatable bonds is 8. The Morgan fingerprint density at radius 3 is 2.31 bits per heavy atom. The molecule has 1 N–H and O–H groups in total. The highest BCUT2D eigenvalue weighted by atomic mass is 19.3. The van der Waals surface area contributed by atoms with E-state index in [1.165, 1.54) is 4.68 Å². The number of ether oxygens (including phenoxy) is 2. The fourth-order valence-electron chi connectivity index (χ4n) is 4.48. The van der Waals surface area contributed by atoms with Crippen molar-refractivity contribution in [3.63, 3.8) is 0 Å². The van der Waals surface area contributed by atoms with Crippen LogP contribution in [0.1, 0.15) is 62.4 Å². The van der Waals surface area contributed by atoms with Gasteiger partial charge in [0.1, 0.15) is 6.54 Å². The second-order valence-corrected chi connectivity index (χ2v) is 7.70. The molecule has 0 atom stereocenters. The van der Waals surface area contributed by atoms with Crippen molar-refractivity contribution in [3.8, 4) is 0 Å². The Morgan fingerprint density at radius 2 is 1.77 bits per heavy atom. The lowest BCUT2D eigenvalue weighted by molar-refractivity contribution is -0.0396. The molecule has 0 saturated heterocycles. The Bertz CT molecular complexity index is 600. The van der Waals surface area contributed by atoms with Gasteiger partial charge in [0.15, 0.2) is 0 Å². The maximum absolute atomic E-state index is 13.8. The molecule has 2 heterocycles. The zero-order valence-electron chi connectivity index (χ0n) is 15.8. The predicted molar refractivity (Wildman–Crippen MR) is 93.4 cm³/mol. The van der Waals surface area contributed by atoms with Gasteiger partial charge >= 0.3 is 0 Å². The van der Waals surface area contributed by atoms with Crippen molar-refractivity contribution in [1.29, 1.82) is 0 Å². The highest BCUT2D eigenvalue weighted by Gasteiger charge is 2.44. The summed E-state index contributed by atoms with van der Waals surface area (Å²) in [5.41, 5.74) is 2.06. The first kappa shape index (κ1) is 19.7. The lowest BCUT2D eigenvalue weighted by Crippen LogP contribution is -2.36. The van der Waals surface area contributed by atoms with E-state index >= 15 is 0 Å². The summed E-state index contributed by atoms with van der Waals surface area (Å²) in [6, 6.07) is 0. The van der Waals surface area contributed by atoms with Crippen LogP contribution in [-0.4, -0.2) is 47.2 Å². The fourth-order valence-corrected chi connectivity index (χ4v) is 4.48. The maximum Gasteiger partial charge on any atom is 0.272 e. The van der Waals surface area contributed by atoms with Crippen molar-refractivity contribution in [2.24, 2.45) is 5.41 Å². The number of halogens is 2. The summed E-state index contributed by atoms with van der Waals surface area (Å²) in [6.07, 6.45) is 3.37. The van der Waals surface area contributed by atoms with E-state index in [1.54, 1.807) is 0 Å². The molecule has 0 aromatic carbocycles. The molecule has 148 valence electrons. The third kappa shape index (κ3) is 3.94. The molecule has 1 aromatic heterocycles. The summed E-state index contributed by atoms with van der Waals surface area (Å²) in [4.78, 5) is 0. The monoisotopic (exact) mass is 372 g/mol. The number of aliphatic hydroxyl groups is 1. The van der Waals surface area contributed by atoms with Crippen LogP contribution in [0.5, 0.6) is 0 Å². The summed E-state index contributed by atoms with van der Waals surface area (Å²) >= 11 is 0. The van der Waals surface area contributed by atoms with Gasteiger partial charge in [-0.2, -0.15) is 5.10 Å². The van der Waals surface area contributed by atoms with Crippen molar-refractivity contribution in [1.82, 2.24) is 9.78 Å². The fraction of sp³-hybridized carbons (Fsp3) is 0.842. The minimum Gasteiger partial charge on any atom is -0.390 e. The highest BCUT2D eigenvalue weighted by Crippen LogP contribution is 2.47. The number of alkyl halides is 2. The van der Waals surface area contributed by atoms with Gasteiger partial charge < -0.3 is 14.6 Å². The lowest BCUT2D eigenvalue weighted by atomic mass is 9.69. The minimum absolute atomic E-state index is 0.00216. The van der Waals surface area contributed by atoms with Crippen molar-refractivity contribution >= 4 is 0 Å². The molecule has 1 fully saturated rings. The SMILES string of the molecule is CCOCC1(COCC)CCC(c2c(CO)nn3c2CC(F)(F)C3)CC1. The summed E-state index contributed by atoms with van der Waals surface area (Å²) in [6.45, 7) is 6.12. The molecular weight excluding hydrogens is 342 g/mol. The van der Waals surface area contributed by atoms with E-state index in [-0.39, 0.29) is 30.9 Å². The largest absolute Gasteiger partial charge is 0.390 e. The number of hydrogen-bond donors (Lipinski definition) is 1. The van der Waals surface area contributed by atoms with Crippen molar-refractivity contribution in [3.05, 3.63) is 17.0 Å². The van der Waals surface area contributed by atoms with Gasteiger partial charge in [0.25, 0.3) is 5.92 Å². The van der Waals surface area contributed by atoms with Gasteiger partial charge in [-0.3, -0.25) is 4.68 Å². The van der Waals surface area contributed by atoms with Gasteiger partial charge in [-0.1, -0.05) is 0 Å². The lowest BCUT2D eigenvalue weighted by Gasteiger charge is -2.40. The van der Waals surface area contributed by atoms with E-state index < -0.39 is 5.92 Å². The molecule has 2 aliphatic rings. The molecule has 0 bridgehead atoms. The van der Waals surface area contributed by atoms with E-state index in [0.29, 0.717) is 37.8 Å². The zero-order valence-corrected chi connectivity index (χ0v) is 15.8. The van der Waals surface area contributed by atoms with Crippen LogP contribution in [0.25, 0.3) is 0 Å².